The molecule has 4 nitrogen and oxygen atoms in total. The predicted molar refractivity (Wildman–Crippen MR) is 83.5 cm³/mol. The third kappa shape index (κ3) is 3.90. The third-order valence-corrected chi connectivity index (χ3v) is 4.17. The second kappa shape index (κ2) is 7.34. The van der Waals surface area contributed by atoms with E-state index >= 15 is 0 Å². The molecule has 0 aromatic heterocycles. The number of esters is 1. The Balaban J connectivity index is 2.04. The van der Waals surface area contributed by atoms with E-state index in [1.54, 1.807) is 18.2 Å². The Kier molecular flexibility index (Phi) is 5.48. The van der Waals surface area contributed by atoms with Gasteiger partial charge in [0.15, 0.2) is 0 Å². The van der Waals surface area contributed by atoms with Crippen LogP contribution in [0.15, 0.2) is 18.2 Å². The fourth-order valence-electron chi connectivity index (χ4n) is 2.96. The van der Waals surface area contributed by atoms with E-state index in [4.69, 9.17) is 15.2 Å². The Morgan fingerprint density at radius 2 is 2.05 bits per heavy atom. The summed E-state index contributed by atoms with van der Waals surface area (Å²) in [5, 5.41) is 0. The first-order chi connectivity index (χ1) is 10.2. The fourth-order valence-corrected chi connectivity index (χ4v) is 2.96. The average molecular weight is 291 g/mol. The van der Waals surface area contributed by atoms with Crippen molar-refractivity contribution in [1.29, 1.82) is 0 Å². The van der Waals surface area contributed by atoms with Crippen molar-refractivity contribution in [3.8, 4) is 5.75 Å². The van der Waals surface area contributed by atoms with Gasteiger partial charge in [-0.2, -0.15) is 0 Å². The van der Waals surface area contributed by atoms with Gasteiger partial charge in [-0.25, -0.2) is 4.79 Å². The average Bonchev–Trinajstić information content (AvgIpc) is 2.50. The lowest BCUT2D eigenvalue weighted by molar-refractivity contribution is 0.000713. The summed E-state index contributed by atoms with van der Waals surface area (Å²) in [4.78, 5) is 12.3. The monoisotopic (exact) mass is 291 g/mol. The largest absolute Gasteiger partial charge is 0.492 e. The van der Waals surface area contributed by atoms with E-state index in [9.17, 15) is 4.79 Å². The number of nitrogen functional groups attached to an aromatic ring is 1. The van der Waals surface area contributed by atoms with Crippen LogP contribution in [0.2, 0.25) is 0 Å². The minimum Gasteiger partial charge on any atom is -0.492 e. The molecule has 0 saturated heterocycles. The summed E-state index contributed by atoms with van der Waals surface area (Å²) >= 11 is 0. The molecule has 2 rings (SSSR count). The maximum Gasteiger partial charge on any atom is 0.338 e. The van der Waals surface area contributed by atoms with Gasteiger partial charge in [-0.15, -0.1) is 0 Å². The highest BCUT2D eigenvalue weighted by Crippen LogP contribution is 2.30. The van der Waals surface area contributed by atoms with E-state index in [1.165, 1.54) is 6.42 Å². The molecule has 21 heavy (non-hydrogen) atoms. The first kappa shape index (κ1) is 15.7. The summed E-state index contributed by atoms with van der Waals surface area (Å²) in [6.45, 7) is 4.61. The molecule has 0 spiro atoms. The van der Waals surface area contributed by atoms with Crippen LogP contribution in [0.1, 0.15) is 56.3 Å². The molecule has 1 fully saturated rings. The van der Waals surface area contributed by atoms with E-state index in [0.717, 1.165) is 25.7 Å². The summed E-state index contributed by atoms with van der Waals surface area (Å²) in [5.41, 5.74) is 6.87. The Morgan fingerprint density at radius 1 is 1.29 bits per heavy atom. The Morgan fingerprint density at radius 3 is 2.71 bits per heavy atom. The third-order valence-electron chi connectivity index (χ3n) is 4.17. The number of hydrogen-bond acceptors (Lipinski definition) is 4. The highest BCUT2D eigenvalue weighted by atomic mass is 16.5. The van der Waals surface area contributed by atoms with Crippen LogP contribution in [0, 0.1) is 5.92 Å². The lowest BCUT2D eigenvalue weighted by Gasteiger charge is -2.30. The van der Waals surface area contributed by atoms with Crippen molar-refractivity contribution in [2.45, 2.75) is 52.1 Å². The van der Waals surface area contributed by atoms with Gasteiger partial charge in [-0.3, -0.25) is 0 Å². The van der Waals surface area contributed by atoms with Gasteiger partial charge in [-0.05, 0) is 56.7 Å². The highest BCUT2D eigenvalue weighted by molar-refractivity contribution is 5.91. The molecule has 0 aliphatic heterocycles. The number of ether oxygens (including phenoxy) is 2. The number of nitrogens with two attached hydrogens (primary N) is 1. The van der Waals surface area contributed by atoms with E-state index in [2.05, 4.69) is 6.92 Å². The van der Waals surface area contributed by atoms with Gasteiger partial charge >= 0.3 is 5.97 Å². The molecular weight excluding hydrogens is 266 g/mol. The van der Waals surface area contributed by atoms with Crippen molar-refractivity contribution in [2.75, 3.05) is 12.3 Å². The molecular formula is C17H25NO3. The first-order valence-electron chi connectivity index (χ1n) is 7.89. The molecule has 1 aliphatic rings. The number of anilines is 1. The van der Waals surface area contributed by atoms with Crippen LogP contribution in [0.3, 0.4) is 0 Å². The summed E-state index contributed by atoms with van der Waals surface area (Å²) in [5.74, 6) is 0.816. The van der Waals surface area contributed by atoms with Gasteiger partial charge in [0, 0.05) is 0 Å². The molecule has 1 aliphatic carbocycles. The molecule has 2 atom stereocenters. The van der Waals surface area contributed by atoms with Crippen LogP contribution in [0.5, 0.6) is 5.75 Å². The standard InChI is InChI=1S/C17H25NO3/c1-3-12-7-5-6-8-15(12)21-17(19)13-9-10-16(20-4-2)14(18)11-13/h9-12,15H,3-8,18H2,1-2H3. The molecule has 2 N–H and O–H groups in total. The van der Waals surface area contributed by atoms with Crippen molar-refractivity contribution in [3.63, 3.8) is 0 Å². The maximum atomic E-state index is 12.3. The molecule has 0 heterocycles. The van der Waals surface area contributed by atoms with Crippen LogP contribution in [0.25, 0.3) is 0 Å². The van der Waals surface area contributed by atoms with E-state index < -0.39 is 0 Å². The normalized spacial score (nSPS) is 21.8. The minimum absolute atomic E-state index is 0.0454. The quantitative estimate of drug-likeness (QED) is 0.662. The van der Waals surface area contributed by atoms with Gasteiger partial charge in [0.1, 0.15) is 11.9 Å². The van der Waals surface area contributed by atoms with E-state index in [-0.39, 0.29) is 12.1 Å². The topological polar surface area (TPSA) is 61.5 Å². The molecule has 0 bridgehead atoms. The summed E-state index contributed by atoms with van der Waals surface area (Å²) in [7, 11) is 0. The Hall–Kier alpha value is -1.71. The smallest absolute Gasteiger partial charge is 0.338 e. The highest BCUT2D eigenvalue weighted by Gasteiger charge is 2.27. The number of rotatable bonds is 5. The molecule has 4 heteroatoms. The van der Waals surface area contributed by atoms with Crippen molar-refractivity contribution in [1.82, 2.24) is 0 Å². The summed E-state index contributed by atoms with van der Waals surface area (Å²) in [6, 6.07) is 5.08. The zero-order valence-corrected chi connectivity index (χ0v) is 12.9. The minimum atomic E-state index is -0.282. The SMILES string of the molecule is CCOc1ccc(C(=O)OC2CCCCC2CC)cc1N. The summed E-state index contributed by atoms with van der Waals surface area (Å²) in [6.07, 6.45) is 5.60. The van der Waals surface area contributed by atoms with Crippen LogP contribution < -0.4 is 10.5 Å². The van der Waals surface area contributed by atoms with Crippen molar-refractivity contribution in [2.24, 2.45) is 5.92 Å². The predicted octanol–water partition coefficient (Wildman–Crippen LogP) is 3.79. The van der Waals surface area contributed by atoms with E-state index in [1.807, 2.05) is 6.92 Å². The molecule has 1 saturated carbocycles. The van der Waals surface area contributed by atoms with Gasteiger partial charge in [-0.1, -0.05) is 13.3 Å². The van der Waals surface area contributed by atoms with Crippen LogP contribution >= 0.6 is 0 Å². The van der Waals surface area contributed by atoms with Crippen molar-refractivity contribution >= 4 is 11.7 Å². The van der Waals surface area contributed by atoms with Gasteiger partial charge in [0.2, 0.25) is 0 Å². The number of hydrogen-bond donors (Lipinski definition) is 1. The lowest BCUT2D eigenvalue weighted by atomic mass is 9.85. The fraction of sp³-hybridized carbons (Fsp3) is 0.588. The zero-order valence-electron chi connectivity index (χ0n) is 12.9. The van der Waals surface area contributed by atoms with Crippen LogP contribution in [-0.2, 0) is 4.74 Å². The molecule has 2 unspecified atom stereocenters. The van der Waals surface area contributed by atoms with Gasteiger partial charge in [0.05, 0.1) is 17.9 Å². The zero-order chi connectivity index (χ0) is 15.2. The van der Waals surface area contributed by atoms with Crippen molar-refractivity contribution < 1.29 is 14.3 Å². The second-order valence-electron chi connectivity index (χ2n) is 5.58. The lowest BCUT2D eigenvalue weighted by Crippen LogP contribution is -2.29. The Labute approximate surface area is 126 Å². The second-order valence-corrected chi connectivity index (χ2v) is 5.58. The number of carbonyl (C=O) groups is 1. The molecule has 116 valence electrons. The summed E-state index contributed by atoms with van der Waals surface area (Å²) < 4.78 is 11.1. The maximum absolute atomic E-state index is 12.3. The molecule has 0 radical (unpaired) electrons. The van der Waals surface area contributed by atoms with Crippen LogP contribution in [-0.4, -0.2) is 18.7 Å². The van der Waals surface area contributed by atoms with Crippen LogP contribution in [0.4, 0.5) is 5.69 Å². The van der Waals surface area contributed by atoms with E-state index in [0.29, 0.717) is 29.5 Å². The Bertz CT molecular complexity index is 487. The number of benzene rings is 1. The van der Waals surface area contributed by atoms with Crippen molar-refractivity contribution in [3.05, 3.63) is 23.8 Å². The molecule has 0 amide bonds. The first-order valence-corrected chi connectivity index (χ1v) is 7.89. The molecule has 1 aromatic rings. The van der Waals surface area contributed by atoms with Gasteiger partial charge in [0.25, 0.3) is 0 Å². The molecule has 1 aromatic carbocycles. The number of carbonyl (C=O) groups excluding carboxylic acids is 1. The van der Waals surface area contributed by atoms with Gasteiger partial charge < -0.3 is 15.2 Å².